The lowest BCUT2D eigenvalue weighted by Gasteiger charge is -2.32. The van der Waals surface area contributed by atoms with Crippen LogP contribution in [0.4, 0.5) is 0 Å². The largest absolute Gasteiger partial charge is 0.352 e. The van der Waals surface area contributed by atoms with E-state index >= 15 is 0 Å². The minimum Gasteiger partial charge on any atom is -0.352 e. The standard InChI is InChI=1S/C30H35ClN2O2/c1-5-23(4)32-30(35)28(18-24-10-7-6-8-11-24)33(20-26-12-9-13-27(31)17-26)29(34)19-25-15-14-21(2)22(3)16-25/h6-17,23,28H,5,18-20H2,1-4H3,(H,32,35)/t23-,28-/m0/s1. The fraction of sp³-hybridized carbons (Fsp3) is 0.333. The molecule has 35 heavy (non-hydrogen) atoms. The number of hydrogen-bond donors (Lipinski definition) is 1. The number of amides is 2. The van der Waals surface area contributed by atoms with Crippen molar-refractivity contribution in [2.75, 3.05) is 0 Å². The highest BCUT2D eigenvalue weighted by molar-refractivity contribution is 6.30. The maximum absolute atomic E-state index is 13.8. The highest BCUT2D eigenvalue weighted by atomic mass is 35.5. The predicted octanol–water partition coefficient (Wildman–Crippen LogP) is 6.05. The zero-order valence-corrected chi connectivity index (χ0v) is 21.8. The monoisotopic (exact) mass is 490 g/mol. The summed E-state index contributed by atoms with van der Waals surface area (Å²) in [6.45, 7) is 8.42. The van der Waals surface area contributed by atoms with Crippen molar-refractivity contribution >= 4 is 23.4 Å². The molecule has 0 heterocycles. The third-order valence-electron chi connectivity index (χ3n) is 6.44. The number of carbonyl (C=O) groups excluding carboxylic acids is 2. The van der Waals surface area contributed by atoms with Gasteiger partial charge < -0.3 is 10.2 Å². The van der Waals surface area contributed by atoms with Crippen molar-refractivity contribution in [3.05, 3.63) is 106 Å². The minimum atomic E-state index is -0.649. The Morgan fingerprint density at radius 1 is 0.886 bits per heavy atom. The van der Waals surface area contributed by atoms with Crippen molar-refractivity contribution < 1.29 is 9.59 Å². The van der Waals surface area contributed by atoms with Gasteiger partial charge in [-0.15, -0.1) is 0 Å². The fourth-order valence-electron chi connectivity index (χ4n) is 4.02. The summed E-state index contributed by atoms with van der Waals surface area (Å²) in [5, 5.41) is 3.71. The Morgan fingerprint density at radius 3 is 2.26 bits per heavy atom. The van der Waals surface area contributed by atoms with E-state index in [0.29, 0.717) is 18.0 Å². The summed E-state index contributed by atoms with van der Waals surface area (Å²) in [5.41, 5.74) is 5.17. The molecule has 0 aliphatic rings. The third kappa shape index (κ3) is 7.69. The van der Waals surface area contributed by atoms with Gasteiger partial charge in [-0.3, -0.25) is 9.59 Å². The molecule has 0 radical (unpaired) electrons. The number of nitrogens with one attached hydrogen (secondary N) is 1. The van der Waals surface area contributed by atoms with E-state index < -0.39 is 6.04 Å². The predicted molar refractivity (Wildman–Crippen MR) is 143 cm³/mol. The first-order valence-electron chi connectivity index (χ1n) is 12.2. The molecule has 0 spiro atoms. The molecule has 0 aromatic heterocycles. The Kier molecular flexibility index (Phi) is 9.50. The van der Waals surface area contributed by atoms with Crippen LogP contribution in [0.25, 0.3) is 0 Å². The number of carbonyl (C=O) groups is 2. The van der Waals surface area contributed by atoms with Crippen molar-refractivity contribution in [2.45, 2.75) is 65.6 Å². The van der Waals surface area contributed by atoms with Gasteiger partial charge in [0.25, 0.3) is 0 Å². The summed E-state index contributed by atoms with van der Waals surface area (Å²) in [5.74, 6) is -0.230. The van der Waals surface area contributed by atoms with Crippen molar-refractivity contribution in [3.8, 4) is 0 Å². The Morgan fingerprint density at radius 2 is 1.60 bits per heavy atom. The highest BCUT2D eigenvalue weighted by Crippen LogP contribution is 2.20. The van der Waals surface area contributed by atoms with Gasteiger partial charge in [0.15, 0.2) is 0 Å². The van der Waals surface area contributed by atoms with Crippen molar-refractivity contribution in [1.82, 2.24) is 10.2 Å². The van der Waals surface area contributed by atoms with Crippen molar-refractivity contribution in [2.24, 2.45) is 0 Å². The molecule has 0 bridgehead atoms. The fourth-order valence-corrected chi connectivity index (χ4v) is 4.23. The van der Waals surface area contributed by atoms with E-state index in [0.717, 1.165) is 28.7 Å². The van der Waals surface area contributed by atoms with Crippen LogP contribution in [0.3, 0.4) is 0 Å². The van der Waals surface area contributed by atoms with Crippen molar-refractivity contribution in [1.29, 1.82) is 0 Å². The van der Waals surface area contributed by atoms with Gasteiger partial charge in [-0.2, -0.15) is 0 Å². The number of halogens is 1. The average Bonchev–Trinajstić information content (AvgIpc) is 2.84. The first kappa shape index (κ1) is 26.5. The molecule has 0 aliphatic heterocycles. The molecule has 3 aromatic carbocycles. The maximum atomic E-state index is 13.8. The second kappa shape index (κ2) is 12.6. The average molecular weight is 491 g/mol. The second-order valence-electron chi connectivity index (χ2n) is 9.27. The summed E-state index contributed by atoms with van der Waals surface area (Å²) in [6, 6.07) is 22.8. The number of rotatable bonds is 10. The lowest BCUT2D eigenvalue weighted by atomic mass is 10.00. The maximum Gasteiger partial charge on any atom is 0.243 e. The zero-order chi connectivity index (χ0) is 25.4. The van der Waals surface area contributed by atoms with Crippen LogP contribution in [0.2, 0.25) is 5.02 Å². The first-order chi connectivity index (χ1) is 16.8. The lowest BCUT2D eigenvalue weighted by Crippen LogP contribution is -2.52. The molecule has 184 valence electrons. The van der Waals surface area contributed by atoms with Gasteiger partial charge >= 0.3 is 0 Å². The number of aryl methyl sites for hydroxylation is 2. The van der Waals surface area contributed by atoms with Crippen LogP contribution in [-0.2, 0) is 29.0 Å². The summed E-state index contributed by atoms with van der Waals surface area (Å²) in [6.07, 6.45) is 1.47. The van der Waals surface area contributed by atoms with E-state index in [2.05, 4.69) is 18.3 Å². The molecule has 2 amide bonds. The topological polar surface area (TPSA) is 49.4 Å². The summed E-state index contributed by atoms with van der Waals surface area (Å²) in [7, 11) is 0. The smallest absolute Gasteiger partial charge is 0.243 e. The van der Waals surface area contributed by atoms with Gasteiger partial charge in [0.2, 0.25) is 11.8 Å². The van der Waals surface area contributed by atoms with Gasteiger partial charge in [0, 0.05) is 24.0 Å². The molecule has 0 unspecified atom stereocenters. The minimum absolute atomic E-state index is 0.0173. The molecule has 2 atom stereocenters. The molecule has 3 aromatic rings. The second-order valence-corrected chi connectivity index (χ2v) is 9.71. The van der Waals surface area contributed by atoms with Crippen LogP contribution in [0, 0.1) is 13.8 Å². The SMILES string of the molecule is CC[C@H](C)NC(=O)[C@H](Cc1ccccc1)N(Cc1cccc(Cl)c1)C(=O)Cc1ccc(C)c(C)c1. The van der Waals surface area contributed by atoms with Gasteiger partial charge in [-0.1, -0.05) is 79.2 Å². The molecule has 3 rings (SSSR count). The van der Waals surface area contributed by atoms with Crippen molar-refractivity contribution in [3.63, 3.8) is 0 Å². The normalized spacial score (nSPS) is 12.6. The van der Waals surface area contributed by atoms with E-state index in [1.807, 2.05) is 87.5 Å². The Labute approximate surface area is 214 Å². The summed E-state index contributed by atoms with van der Waals surface area (Å²) in [4.78, 5) is 29.1. The number of hydrogen-bond acceptors (Lipinski definition) is 2. The molecule has 1 N–H and O–H groups in total. The highest BCUT2D eigenvalue weighted by Gasteiger charge is 2.31. The third-order valence-corrected chi connectivity index (χ3v) is 6.68. The number of benzene rings is 3. The molecular formula is C30H35ClN2O2. The van der Waals surface area contributed by atoms with Crippen LogP contribution < -0.4 is 5.32 Å². The number of nitrogens with zero attached hydrogens (tertiary/aromatic N) is 1. The van der Waals surface area contributed by atoms with Crippen LogP contribution in [0.15, 0.2) is 72.8 Å². The van der Waals surface area contributed by atoms with E-state index in [1.54, 1.807) is 4.90 Å². The molecule has 0 saturated carbocycles. The van der Waals surface area contributed by atoms with Gasteiger partial charge in [-0.25, -0.2) is 0 Å². The van der Waals surface area contributed by atoms with E-state index in [-0.39, 0.29) is 24.3 Å². The van der Waals surface area contributed by atoms with Gasteiger partial charge in [-0.05, 0) is 67.1 Å². The summed E-state index contributed by atoms with van der Waals surface area (Å²) >= 11 is 6.25. The Hall–Kier alpha value is -3.11. The molecular weight excluding hydrogens is 456 g/mol. The van der Waals surface area contributed by atoms with Crippen LogP contribution in [0.1, 0.15) is 48.1 Å². The first-order valence-corrected chi connectivity index (χ1v) is 12.6. The Balaban J connectivity index is 1.98. The van der Waals surface area contributed by atoms with E-state index in [4.69, 9.17) is 11.6 Å². The van der Waals surface area contributed by atoms with Crippen LogP contribution in [-0.4, -0.2) is 28.8 Å². The molecule has 0 fully saturated rings. The molecule has 0 saturated heterocycles. The Bertz CT molecular complexity index is 1150. The lowest BCUT2D eigenvalue weighted by molar-refractivity contribution is -0.141. The molecule has 4 nitrogen and oxygen atoms in total. The zero-order valence-electron chi connectivity index (χ0n) is 21.1. The van der Waals surface area contributed by atoms with Gasteiger partial charge in [0.05, 0.1) is 6.42 Å². The van der Waals surface area contributed by atoms with Gasteiger partial charge in [0.1, 0.15) is 6.04 Å². The summed E-state index contributed by atoms with van der Waals surface area (Å²) < 4.78 is 0. The molecule has 0 aliphatic carbocycles. The molecule has 5 heteroatoms. The van der Waals surface area contributed by atoms with E-state index in [1.165, 1.54) is 5.56 Å². The van der Waals surface area contributed by atoms with Crippen LogP contribution in [0.5, 0.6) is 0 Å². The van der Waals surface area contributed by atoms with Crippen LogP contribution >= 0.6 is 11.6 Å². The quantitative estimate of drug-likeness (QED) is 0.376. The van der Waals surface area contributed by atoms with E-state index in [9.17, 15) is 9.59 Å².